The molecule has 0 radical (unpaired) electrons. The van der Waals surface area contributed by atoms with E-state index in [-0.39, 0.29) is 18.3 Å². The fourth-order valence-electron chi connectivity index (χ4n) is 3.12. The van der Waals surface area contributed by atoms with Gasteiger partial charge in [-0.05, 0) is 12.1 Å². The van der Waals surface area contributed by atoms with Crippen LogP contribution in [-0.2, 0) is 7.05 Å². The molecule has 0 aliphatic carbocycles. The minimum absolute atomic E-state index is 0.114. The maximum atomic E-state index is 12.8. The zero-order valence-corrected chi connectivity index (χ0v) is 14.2. The van der Waals surface area contributed by atoms with Crippen molar-refractivity contribution in [2.75, 3.05) is 6.61 Å². The number of fused-ring (bicyclic) bond motifs is 1. The summed E-state index contributed by atoms with van der Waals surface area (Å²) < 4.78 is 7.26. The van der Waals surface area contributed by atoms with E-state index < -0.39 is 6.04 Å². The monoisotopic (exact) mass is 347 g/mol. The highest BCUT2D eigenvalue weighted by atomic mass is 16.5. The number of carbonyl (C=O) groups is 2. The Morgan fingerprint density at radius 2 is 1.88 bits per heavy atom. The van der Waals surface area contributed by atoms with Crippen molar-refractivity contribution in [3.63, 3.8) is 0 Å². The van der Waals surface area contributed by atoms with E-state index in [2.05, 4.69) is 10.4 Å². The Bertz CT molecular complexity index is 979. The molecular weight excluding hydrogens is 330 g/mol. The Balaban J connectivity index is 1.60. The topological polar surface area (TPSA) is 73.2 Å². The minimum Gasteiger partial charge on any atom is -0.490 e. The molecule has 26 heavy (non-hydrogen) atoms. The van der Waals surface area contributed by atoms with Gasteiger partial charge in [-0.3, -0.25) is 14.3 Å². The number of ether oxygens (including phenoxy) is 1. The van der Waals surface area contributed by atoms with E-state index in [0.29, 0.717) is 22.6 Å². The highest BCUT2D eigenvalue weighted by molar-refractivity contribution is 6.07. The molecule has 130 valence electrons. The van der Waals surface area contributed by atoms with Gasteiger partial charge in [-0.15, -0.1) is 0 Å². The summed E-state index contributed by atoms with van der Waals surface area (Å²) in [5.41, 5.74) is 2.49. The predicted molar refractivity (Wildman–Crippen MR) is 96.2 cm³/mol. The first-order valence-electron chi connectivity index (χ1n) is 8.29. The average molecular weight is 347 g/mol. The van der Waals surface area contributed by atoms with E-state index in [9.17, 15) is 9.59 Å². The second-order valence-corrected chi connectivity index (χ2v) is 6.09. The van der Waals surface area contributed by atoms with E-state index in [1.807, 2.05) is 36.4 Å². The lowest BCUT2D eigenvalue weighted by Crippen LogP contribution is -2.47. The van der Waals surface area contributed by atoms with Gasteiger partial charge in [0.25, 0.3) is 5.91 Å². The molecule has 6 nitrogen and oxygen atoms in total. The smallest absolute Gasteiger partial charge is 0.255 e. The summed E-state index contributed by atoms with van der Waals surface area (Å²) in [5, 5.41) is 6.98. The standard InChI is InChI=1S/C20H17N3O3/c1-23-18(13-7-3-2-4-8-13)15(11-21-23)20(25)22-16-12-26-17-10-6-5-9-14(17)19(16)24/h2-11,16H,12H2,1H3,(H,22,25)/t16-/m1/s1. The number of nitrogens with zero attached hydrogens (tertiary/aromatic N) is 2. The average Bonchev–Trinajstić information content (AvgIpc) is 3.06. The number of nitrogens with one attached hydrogen (secondary N) is 1. The number of rotatable bonds is 3. The van der Waals surface area contributed by atoms with Gasteiger partial charge in [0, 0.05) is 12.6 Å². The van der Waals surface area contributed by atoms with Crippen LogP contribution in [0.5, 0.6) is 5.75 Å². The summed E-state index contributed by atoms with van der Waals surface area (Å²) >= 11 is 0. The summed E-state index contributed by atoms with van der Waals surface area (Å²) in [6, 6.07) is 15.9. The van der Waals surface area contributed by atoms with Crippen molar-refractivity contribution < 1.29 is 14.3 Å². The number of benzene rings is 2. The molecule has 0 unspecified atom stereocenters. The van der Waals surface area contributed by atoms with Gasteiger partial charge < -0.3 is 10.1 Å². The molecule has 1 N–H and O–H groups in total. The SMILES string of the molecule is Cn1ncc(C(=O)N[C@@H]2COc3ccccc3C2=O)c1-c1ccccc1. The first-order valence-corrected chi connectivity index (χ1v) is 8.29. The Labute approximate surface area is 150 Å². The van der Waals surface area contributed by atoms with Gasteiger partial charge in [-0.1, -0.05) is 42.5 Å². The van der Waals surface area contributed by atoms with Crippen LogP contribution in [0.4, 0.5) is 0 Å². The largest absolute Gasteiger partial charge is 0.490 e. The molecule has 1 amide bonds. The number of aromatic nitrogens is 2. The Morgan fingerprint density at radius 1 is 1.15 bits per heavy atom. The molecule has 0 bridgehead atoms. The lowest BCUT2D eigenvalue weighted by atomic mass is 10.0. The van der Waals surface area contributed by atoms with Crippen molar-refractivity contribution in [1.82, 2.24) is 15.1 Å². The number of hydrogen-bond acceptors (Lipinski definition) is 4. The normalized spacial score (nSPS) is 15.9. The van der Waals surface area contributed by atoms with Gasteiger partial charge in [-0.2, -0.15) is 5.10 Å². The fraction of sp³-hybridized carbons (Fsp3) is 0.150. The third-order valence-electron chi connectivity index (χ3n) is 4.41. The van der Waals surface area contributed by atoms with Crippen LogP contribution in [0.15, 0.2) is 60.8 Å². The van der Waals surface area contributed by atoms with Crippen LogP contribution >= 0.6 is 0 Å². The molecular formula is C20H17N3O3. The van der Waals surface area contributed by atoms with Crippen LogP contribution in [-0.4, -0.2) is 34.1 Å². The molecule has 0 fully saturated rings. The lowest BCUT2D eigenvalue weighted by molar-refractivity contribution is 0.0795. The van der Waals surface area contributed by atoms with Crippen molar-refractivity contribution in [1.29, 1.82) is 0 Å². The molecule has 4 rings (SSSR count). The third-order valence-corrected chi connectivity index (χ3v) is 4.41. The number of amides is 1. The lowest BCUT2D eigenvalue weighted by Gasteiger charge is -2.24. The van der Waals surface area contributed by atoms with Gasteiger partial charge in [0.05, 0.1) is 23.0 Å². The number of hydrogen-bond donors (Lipinski definition) is 1. The van der Waals surface area contributed by atoms with Crippen molar-refractivity contribution in [2.24, 2.45) is 7.05 Å². The number of Topliss-reactive ketones (excluding diaryl/α,β-unsaturated/α-hetero) is 1. The molecule has 3 aromatic rings. The van der Waals surface area contributed by atoms with Crippen molar-refractivity contribution >= 4 is 11.7 Å². The van der Waals surface area contributed by atoms with Crippen LogP contribution in [0.2, 0.25) is 0 Å². The first kappa shape index (κ1) is 16.1. The Morgan fingerprint density at radius 3 is 2.69 bits per heavy atom. The van der Waals surface area contributed by atoms with E-state index in [0.717, 1.165) is 5.56 Å². The molecule has 2 heterocycles. The van der Waals surface area contributed by atoms with E-state index in [1.54, 1.807) is 29.9 Å². The van der Waals surface area contributed by atoms with Crippen molar-refractivity contribution in [2.45, 2.75) is 6.04 Å². The highest BCUT2D eigenvalue weighted by Crippen LogP contribution is 2.26. The molecule has 1 aliphatic heterocycles. The van der Waals surface area contributed by atoms with Crippen LogP contribution in [0, 0.1) is 0 Å². The van der Waals surface area contributed by atoms with Gasteiger partial charge in [-0.25, -0.2) is 0 Å². The number of para-hydroxylation sites is 1. The number of carbonyl (C=O) groups excluding carboxylic acids is 2. The molecule has 6 heteroatoms. The van der Waals surface area contributed by atoms with Gasteiger partial charge >= 0.3 is 0 Å². The minimum atomic E-state index is -0.721. The Kier molecular flexibility index (Phi) is 4.01. The number of aryl methyl sites for hydroxylation is 1. The van der Waals surface area contributed by atoms with Gasteiger partial charge in [0.2, 0.25) is 0 Å². The predicted octanol–water partition coefficient (Wildman–Crippen LogP) is 2.46. The van der Waals surface area contributed by atoms with E-state index in [1.165, 1.54) is 6.20 Å². The molecule has 1 aromatic heterocycles. The van der Waals surface area contributed by atoms with E-state index in [4.69, 9.17) is 4.74 Å². The summed E-state index contributed by atoms with van der Waals surface area (Å²) in [6.07, 6.45) is 1.51. The molecule has 0 saturated heterocycles. The second-order valence-electron chi connectivity index (χ2n) is 6.09. The molecule has 1 atom stereocenters. The zero-order valence-electron chi connectivity index (χ0n) is 14.2. The van der Waals surface area contributed by atoms with Gasteiger partial charge in [0.1, 0.15) is 18.4 Å². The second kappa shape index (κ2) is 6.48. The third kappa shape index (κ3) is 2.75. The fourth-order valence-corrected chi connectivity index (χ4v) is 3.12. The van der Waals surface area contributed by atoms with E-state index >= 15 is 0 Å². The van der Waals surface area contributed by atoms with Crippen LogP contribution < -0.4 is 10.1 Å². The van der Waals surface area contributed by atoms with Gasteiger partial charge in [0.15, 0.2) is 5.78 Å². The quantitative estimate of drug-likeness (QED) is 0.790. The maximum absolute atomic E-state index is 12.8. The highest BCUT2D eigenvalue weighted by Gasteiger charge is 2.31. The van der Waals surface area contributed by atoms with Crippen LogP contribution in [0.1, 0.15) is 20.7 Å². The molecule has 0 spiro atoms. The summed E-state index contributed by atoms with van der Waals surface area (Å²) in [4.78, 5) is 25.4. The molecule has 2 aromatic carbocycles. The summed E-state index contributed by atoms with van der Waals surface area (Å²) in [7, 11) is 1.78. The van der Waals surface area contributed by atoms with Crippen LogP contribution in [0.25, 0.3) is 11.3 Å². The van der Waals surface area contributed by atoms with Crippen LogP contribution in [0.3, 0.4) is 0 Å². The Hall–Kier alpha value is -3.41. The first-order chi connectivity index (χ1) is 12.6. The summed E-state index contributed by atoms with van der Waals surface area (Å²) in [6.45, 7) is 0.114. The molecule has 0 saturated carbocycles. The van der Waals surface area contributed by atoms with Crippen molar-refractivity contribution in [3.8, 4) is 17.0 Å². The van der Waals surface area contributed by atoms with Crippen molar-refractivity contribution in [3.05, 3.63) is 71.9 Å². The zero-order chi connectivity index (χ0) is 18.1. The molecule has 1 aliphatic rings. The number of ketones is 1. The summed E-state index contributed by atoms with van der Waals surface area (Å²) in [5.74, 6) is 0.0537. The maximum Gasteiger partial charge on any atom is 0.255 e.